The lowest BCUT2D eigenvalue weighted by Crippen LogP contribution is -2.31. The van der Waals surface area contributed by atoms with Crippen molar-refractivity contribution in [1.29, 1.82) is 0 Å². The maximum absolute atomic E-state index is 12.1. The van der Waals surface area contributed by atoms with Crippen LogP contribution in [0.25, 0.3) is 0 Å². The van der Waals surface area contributed by atoms with Gasteiger partial charge in [-0.15, -0.1) is 0 Å². The summed E-state index contributed by atoms with van der Waals surface area (Å²) in [5.74, 6) is -0.128. The lowest BCUT2D eigenvalue weighted by molar-refractivity contribution is -0.122. The first-order valence-electron chi connectivity index (χ1n) is 8.96. The number of carbonyl (C=O) groups excluding carboxylic acids is 1. The predicted molar refractivity (Wildman–Crippen MR) is 97.9 cm³/mol. The molecule has 6 nitrogen and oxygen atoms in total. The number of phosphoric ester groups is 1. The van der Waals surface area contributed by atoms with Gasteiger partial charge in [0.2, 0.25) is 5.91 Å². The fraction of sp³-hybridized carbons (Fsp3) is 0.611. The van der Waals surface area contributed by atoms with Crippen LogP contribution < -0.4 is 5.32 Å². The van der Waals surface area contributed by atoms with Crippen molar-refractivity contribution < 1.29 is 23.7 Å². The normalized spacial score (nSPS) is 12.8. The van der Waals surface area contributed by atoms with Crippen molar-refractivity contribution >= 4 is 13.7 Å². The largest absolute Gasteiger partial charge is 0.469 e. The first kappa shape index (κ1) is 21.8. The van der Waals surface area contributed by atoms with Crippen LogP contribution in [0.5, 0.6) is 0 Å². The maximum atomic E-state index is 12.1. The lowest BCUT2D eigenvalue weighted by Gasteiger charge is -2.19. The molecule has 1 aromatic carbocycles. The van der Waals surface area contributed by atoms with Gasteiger partial charge in [0.1, 0.15) is 0 Å². The van der Waals surface area contributed by atoms with Gasteiger partial charge >= 0.3 is 7.82 Å². The van der Waals surface area contributed by atoms with Crippen molar-refractivity contribution in [3.8, 4) is 0 Å². The van der Waals surface area contributed by atoms with Crippen LogP contribution in [0.2, 0.25) is 0 Å². The average molecular weight is 371 g/mol. The second-order valence-corrected chi connectivity index (χ2v) is 7.43. The van der Waals surface area contributed by atoms with E-state index < -0.39 is 13.9 Å². The zero-order valence-corrected chi connectivity index (χ0v) is 15.8. The molecule has 7 heteroatoms. The molecule has 1 unspecified atom stereocenters. The Labute approximate surface area is 150 Å². The molecule has 1 amide bonds. The summed E-state index contributed by atoms with van der Waals surface area (Å²) in [5, 5.41) is 2.81. The molecule has 0 saturated carbocycles. The summed E-state index contributed by atoms with van der Waals surface area (Å²) in [6.45, 7) is 1.92. The monoisotopic (exact) mass is 371 g/mol. The minimum absolute atomic E-state index is 0.128. The summed E-state index contributed by atoms with van der Waals surface area (Å²) in [6.07, 6.45) is 8.32. The summed E-state index contributed by atoms with van der Waals surface area (Å²) < 4.78 is 15.5. The molecule has 0 spiro atoms. The number of carbonyl (C=O) groups is 1. The van der Waals surface area contributed by atoms with Crippen LogP contribution in [0.4, 0.5) is 0 Å². The molecule has 142 valence electrons. The number of unbranched alkanes of at least 4 members (excludes halogenated alkanes) is 6. The summed E-state index contributed by atoms with van der Waals surface area (Å²) >= 11 is 0. The van der Waals surface area contributed by atoms with Gasteiger partial charge in [0.05, 0.1) is 12.6 Å². The molecule has 0 radical (unpaired) electrons. The van der Waals surface area contributed by atoms with Gasteiger partial charge < -0.3 is 15.1 Å². The van der Waals surface area contributed by atoms with E-state index in [4.69, 9.17) is 9.79 Å². The molecule has 0 aliphatic rings. The number of phosphoric acid groups is 1. The molecule has 0 saturated heterocycles. The molecule has 0 bridgehead atoms. The molecule has 1 aromatic rings. The lowest BCUT2D eigenvalue weighted by atomic mass is 10.1. The van der Waals surface area contributed by atoms with E-state index in [-0.39, 0.29) is 12.5 Å². The quantitative estimate of drug-likeness (QED) is 0.358. The summed E-state index contributed by atoms with van der Waals surface area (Å²) in [6, 6.07) is 8.46. The Morgan fingerprint density at radius 1 is 1.08 bits per heavy atom. The van der Waals surface area contributed by atoms with Crippen LogP contribution in [0.1, 0.15) is 69.9 Å². The number of hydrogen-bond donors (Lipinski definition) is 3. The fourth-order valence-corrected chi connectivity index (χ4v) is 2.93. The number of amides is 1. The van der Waals surface area contributed by atoms with Crippen LogP contribution in [0.3, 0.4) is 0 Å². The van der Waals surface area contributed by atoms with E-state index in [1.807, 2.05) is 18.2 Å². The minimum atomic E-state index is -4.57. The molecular formula is C18H30NO5P. The van der Waals surface area contributed by atoms with Gasteiger partial charge in [-0.3, -0.25) is 9.32 Å². The highest BCUT2D eigenvalue weighted by atomic mass is 31.2. The van der Waals surface area contributed by atoms with E-state index in [1.54, 1.807) is 12.1 Å². The van der Waals surface area contributed by atoms with Gasteiger partial charge in [-0.05, 0) is 12.0 Å². The first-order valence-corrected chi connectivity index (χ1v) is 10.5. The fourth-order valence-electron chi connectivity index (χ4n) is 2.59. The maximum Gasteiger partial charge on any atom is 0.469 e. The van der Waals surface area contributed by atoms with E-state index in [9.17, 15) is 9.36 Å². The number of rotatable bonds is 13. The predicted octanol–water partition coefficient (Wildman–Crippen LogP) is 4.09. The molecule has 1 rings (SSSR count). The summed E-state index contributed by atoms with van der Waals surface area (Å²) in [4.78, 5) is 29.9. The molecule has 25 heavy (non-hydrogen) atoms. The average Bonchev–Trinajstić information content (AvgIpc) is 2.58. The van der Waals surface area contributed by atoms with Crippen LogP contribution in [0.15, 0.2) is 30.3 Å². The zero-order chi connectivity index (χ0) is 18.5. The minimum Gasteiger partial charge on any atom is -0.347 e. The van der Waals surface area contributed by atoms with E-state index in [0.717, 1.165) is 24.8 Å². The highest BCUT2D eigenvalue weighted by Crippen LogP contribution is 2.37. The second kappa shape index (κ2) is 12.2. The third-order valence-electron chi connectivity index (χ3n) is 3.95. The molecule has 0 fully saturated rings. The molecule has 0 heterocycles. The van der Waals surface area contributed by atoms with Crippen molar-refractivity contribution in [3.05, 3.63) is 35.9 Å². The molecular weight excluding hydrogens is 341 g/mol. The number of hydrogen-bond acceptors (Lipinski definition) is 3. The van der Waals surface area contributed by atoms with Gasteiger partial charge in [-0.25, -0.2) is 4.57 Å². The topological polar surface area (TPSA) is 95.9 Å². The smallest absolute Gasteiger partial charge is 0.347 e. The summed E-state index contributed by atoms with van der Waals surface area (Å²) in [7, 11) is -4.57. The zero-order valence-electron chi connectivity index (χ0n) is 14.9. The third kappa shape index (κ3) is 11.1. The van der Waals surface area contributed by atoms with Gasteiger partial charge in [-0.1, -0.05) is 75.8 Å². The van der Waals surface area contributed by atoms with Crippen LogP contribution >= 0.6 is 7.82 Å². The van der Waals surface area contributed by atoms with Crippen LogP contribution in [0, 0.1) is 0 Å². The first-order chi connectivity index (χ1) is 11.9. The number of nitrogens with one attached hydrogen (secondary N) is 1. The Morgan fingerprint density at radius 3 is 2.28 bits per heavy atom. The Kier molecular flexibility index (Phi) is 10.7. The van der Waals surface area contributed by atoms with Gasteiger partial charge in [0.25, 0.3) is 0 Å². The van der Waals surface area contributed by atoms with Gasteiger partial charge in [0, 0.05) is 6.42 Å². The van der Waals surface area contributed by atoms with Gasteiger partial charge in [0.15, 0.2) is 0 Å². The molecule has 0 aromatic heterocycles. The van der Waals surface area contributed by atoms with E-state index in [2.05, 4.69) is 16.8 Å². The Bertz CT molecular complexity index is 532. The molecule has 0 aliphatic carbocycles. The molecule has 0 aliphatic heterocycles. The van der Waals surface area contributed by atoms with Crippen molar-refractivity contribution in [2.24, 2.45) is 0 Å². The highest BCUT2D eigenvalue weighted by Gasteiger charge is 2.20. The van der Waals surface area contributed by atoms with Crippen molar-refractivity contribution in [2.45, 2.75) is 64.3 Å². The summed E-state index contributed by atoms with van der Waals surface area (Å²) in [5.41, 5.74) is 0.754. The highest BCUT2D eigenvalue weighted by molar-refractivity contribution is 7.46. The van der Waals surface area contributed by atoms with Gasteiger partial charge in [-0.2, -0.15) is 0 Å². The Balaban J connectivity index is 2.40. The van der Waals surface area contributed by atoms with E-state index in [1.165, 1.54) is 25.7 Å². The number of benzene rings is 1. The van der Waals surface area contributed by atoms with Crippen LogP contribution in [-0.2, 0) is 13.9 Å². The Hall–Kier alpha value is -1.20. The SMILES string of the molecule is CCCCCCCCCC(=O)NC(COP(=O)(O)O)c1ccccc1. The molecule has 1 atom stereocenters. The van der Waals surface area contributed by atoms with Crippen molar-refractivity contribution in [3.63, 3.8) is 0 Å². The van der Waals surface area contributed by atoms with Crippen molar-refractivity contribution in [2.75, 3.05) is 6.61 Å². The van der Waals surface area contributed by atoms with Crippen LogP contribution in [-0.4, -0.2) is 22.3 Å². The van der Waals surface area contributed by atoms with E-state index >= 15 is 0 Å². The van der Waals surface area contributed by atoms with E-state index in [0.29, 0.717) is 6.42 Å². The Morgan fingerprint density at radius 2 is 1.68 bits per heavy atom. The standard InChI is InChI=1S/C18H30NO5P/c1-2-3-4-5-6-7-11-14-18(20)19-17(15-24-25(21,22)23)16-12-9-8-10-13-16/h8-10,12-13,17H,2-7,11,14-15H2,1H3,(H,19,20)(H2,21,22,23). The van der Waals surface area contributed by atoms with Crippen molar-refractivity contribution in [1.82, 2.24) is 5.32 Å². The third-order valence-corrected chi connectivity index (χ3v) is 4.44. The second-order valence-electron chi connectivity index (χ2n) is 6.19. The molecule has 3 N–H and O–H groups in total.